The Kier molecular flexibility index (Phi) is 3.85. The average Bonchev–Trinajstić information content (AvgIpc) is 2.15. The maximum absolute atomic E-state index is 10.8. The fourth-order valence-electron chi connectivity index (χ4n) is 1.22. The molecule has 2 N–H and O–H groups in total. The second-order valence-corrected chi connectivity index (χ2v) is 3.96. The first-order chi connectivity index (χ1) is 7.00. The van der Waals surface area contributed by atoms with Crippen LogP contribution in [0.1, 0.15) is 17.9 Å². The Morgan fingerprint density at radius 1 is 1.20 bits per heavy atom. The monoisotopic (exact) mass is 272 g/mol. The van der Waals surface area contributed by atoms with Crippen molar-refractivity contribution in [2.75, 3.05) is 0 Å². The van der Waals surface area contributed by atoms with Gasteiger partial charge in [-0.05, 0) is 17.7 Å². The third-order valence-corrected chi connectivity index (χ3v) is 2.48. The summed E-state index contributed by atoms with van der Waals surface area (Å²) in [6.07, 6.45) is -0.406. The van der Waals surface area contributed by atoms with Crippen molar-refractivity contribution in [1.82, 2.24) is 0 Å². The largest absolute Gasteiger partial charge is 0.481 e. The summed E-state index contributed by atoms with van der Waals surface area (Å²) in [5, 5.41) is 17.4. The topological polar surface area (TPSA) is 74.6 Å². The summed E-state index contributed by atoms with van der Waals surface area (Å²) in [6, 6.07) is 6.58. The fraction of sp³-hybridized carbons (Fsp3) is 0.200. The van der Waals surface area contributed by atoms with Crippen LogP contribution >= 0.6 is 15.9 Å². The number of halogens is 1. The second-order valence-electron chi connectivity index (χ2n) is 3.04. The van der Waals surface area contributed by atoms with E-state index in [1.807, 2.05) is 0 Å². The number of aliphatic carboxylic acids is 2. The molecule has 0 saturated heterocycles. The Labute approximate surface area is 94.7 Å². The van der Waals surface area contributed by atoms with Crippen LogP contribution in [0.15, 0.2) is 28.7 Å². The van der Waals surface area contributed by atoms with Crippen LogP contribution in [0.5, 0.6) is 0 Å². The zero-order valence-corrected chi connectivity index (χ0v) is 9.27. The molecule has 0 fully saturated rings. The average molecular weight is 273 g/mol. The van der Waals surface area contributed by atoms with Gasteiger partial charge in [0.25, 0.3) is 0 Å². The maximum atomic E-state index is 10.8. The van der Waals surface area contributed by atoms with Crippen molar-refractivity contribution >= 4 is 27.9 Å². The van der Waals surface area contributed by atoms with Crippen LogP contribution in [0.2, 0.25) is 0 Å². The van der Waals surface area contributed by atoms with Crippen molar-refractivity contribution in [3.8, 4) is 0 Å². The van der Waals surface area contributed by atoms with Gasteiger partial charge in [-0.3, -0.25) is 9.59 Å². The SMILES string of the molecule is O=C(O)C[C@@H](C(=O)O)c1ccc(Br)cc1. The first kappa shape index (κ1) is 11.7. The smallest absolute Gasteiger partial charge is 0.311 e. The van der Waals surface area contributed by atoms with Gasteiger partial charge in [0.1, 0.15) is 0 Å². The van der Waals surface area contributed by atoms with E-state index in [2.05, 4.69) is 15.9 Å². The summed E-state index contributed by atoms with van der Waals surface area (Å²) >= 11 is 3.22. The molecule has 0 aromatic heterocycles. The molecule has 0 aliphatic carbocycles. The van der Waals surface area contributed by atoms with Gasteiger partial charge in [0, 0.05) is 4.47 Å². The molecule has 0 amide bonds. The van der Waals surface area contributed by atoms with Crippen molar-refractivity contribution in [3.63, 3.8) is 0 Å². The van der Waals surface area contributed by atoms with E-state index in [-0.39, 0.29) is 0 Å². The molecule has 4 nitrogen and oxygen atoms in total. The van der Waals surface area contributed by atoms with Crippen LogP contribution in [0.3, 0.4) is 0 Å². The Hall–Kier alpha value is -1.36. The normalized spacial score (nSPS) is 12.1. The molecule has 0 aliphatic rings. The van der Waals surface area contributed by atoms with Crippen molar-refractivity contribution in [1.29, 1.82) is 0 Å². The molecule has 5 heteroatoms. The van der Waals surface area contributed by atoms with Crippen molar-refractivity contribution < 1.29 is 19.8 Å². The Balaban J connectivity index is 2.94. The molecule has 0 unspecified atom stereocenters. The standard InChI is InChI=1S/C10H9BrO4/c11-7-3-1-6(2-4-7)8(10(14)15)5-9(12)13/h1-4,8H,5H2,(H,12,13)(H,14,15)/t8-/m1/s1. The highest BCUT2D eigenvalue weighted by atomic mass is 79.9. The summed E-state index contributed by atoms with van der Waals surface area (Å²) in [4.78, 5) is 21.3. The highest BCUT2D eigenvalue weighted by Gasteiger charge is 2.22. The first-order valence-corrected chi connectivity index (χ1v) is 5.00. The lowest BCUT2D eigenvalue weighted by atomic mass is 9.96. The van der Waals surface area contributed by atoms with E-state index in [0.29, 0.717) is 5.56 Å². The van der Waals surface area contributed by atoms with Gasteiger partial charge in [0.15, 0.2) is 0 Å². The van der Waals surface area contributed by atoms with Gasteiger partial charge in [0.2, 0.25) is 0 Å². The minimum absolute atomic E-state index is 0.406. The van der Waals surface area contributed by atoms with E-state index >= 15 is 0 Å². The highest BCUT2D eigenvalue weighted by molar-refractivity contribution is 9.10. The number of rotatable bonds is 4. The minimum Gasteiger partial charge on any atom is -0.481 e. The van der Waals surface area contributed by atoms with Crippen molar-refractivity contribution in [2.45, 2.75) is 12.3 Å². The summed E-state index contributed by atoms with van der Waals surface area (Å²) in [7, 11) is 0. The molecule has 0 aliphatic heterocycles. The molecule has 0 heterocycles. The zero-order chi connectivity index (χ0) is 11.4. The van der Waals surface area contributed by atoms with E-state index < -0.39 is 24.3 Å². The molecule has 15 heavy (non-hydrogen) atoms. The van der Waals surface area contributed by atoms with Gasteiger partial charge in [-0.2, -0.15) is 0 Å². The molecular weight excluding hydrogens is 264 g/mol. The molecule has 0 radical (unpaired) electrons. The minimum atomic E-state index is -1.13. The maximum Gasteiger partial charge on any atom is 0.311 e. The van der Waals surface area contributed by atoms with Crippen molar-refractivity contribution in [2.24, 2.45) is 0 Å². The number of carboxylic acid groups (broad SMARTS) is 2. The van der Waals surface area contributed by atoms with Crippen LogP contribution in [0.4, 0.5) is 0 Å². The van der Waals surface area contributed by atoms with E-state index in [0.717, 1.165) is 4.47 Å². The summed E-state index contributed by atoms with van der Waals surface area (Å²) in [5.41, 5.74) is 0.494. The van der Waals surface area contributed by atoms with Crippen LogP contribution in [-0.4, -0.2) is 22.2 Å². The number of carboxylic acids is 2. The van der Waals surface area contributed by atoms with Crippen LogP contribution in [0.25, 0.3) is 0 Å². The Morgan fingerprint density at radius 3 is 2.13 bits per heavy atom. The van der Waals surface area contributed by atoms with Crippen LogP contribution < -0.4 is 0 Å². The molecule has 1 rings (SSSR count). The summed E-state index contributed by atoms with van der Waals surface area (Å²) < 4.78 is 0.825. The molecule has 0 saturated carbocycles. The second kappa shape index (κ2) is 4.93. The van der Waals surface area contributed by atoms with Crippen LogP contribution in [0, 0.1) is 0 Å². The predicted octanol–water partition coefficient (Wildman–Crippen LogP) is 2.09. The van der Waals surface area contributed by atoms with E-state index in [4.69, 9.17) is 10.2 Å². The lowest BCUT2D eigenvalue weighted by Crippen LogP contribution is -2.15. The number of hydrogen-bond acceptors (Lipinski definition) is 2. The van der Waals surface area contributed by atoms with Gasteiger partial charge in [0.05, 0.1) is 12.3 Å². The lowest BCUT2D eigenvalue weighted by Gasteiger charge is -2.09. The molecule has 1 atom stereocenters. The Morgan fingerprint density at radius 2 is 1.73 bits per heavy atom. The summed E-state index contributed by atoms with van der Waals surface area (Å²) in [5.74, 6) is -3.24. The highest BCUT2D eigenvalue weighted by Crippen LogP contribution is 2.22. The van der Waals surface area contributed by atoms with E-state index in [1.54, 1.807) is 24.3 Å². The molecule has 0 spiro atoms. The van der Waals surface area contributed by atoms with Gasteiger partial charge in [-0.1, -0.05) is 28.1 Å². The van der Waals surface area contributed by atoms with E-state index in [9.17, 15) is 9.59 Å². The molecule has 1 aromatic carbocycles. The number of carbonyl (C=O) groups is 2. The first-order valence-electron chi connectivity index (χ1n) is 4.20. The quantitative estimate of drug-likeness (QED) is 0.880. The molecular formula is C10H9BrO4. The lowest BCUT2D eigenvalue weighted by molar-refractivity contribution is -0.145. The molecule has 1 aromatic rings. The third-order valence-electron chi connectivity index (χ3n) is 1.95. The fourth-order valence-corrected chi connectivity index (χ4v) is 1.48. The van der Waals surface area contributed by atoms with Gasteiger partial charge >= 0.3 is 11.9 Å². The molecule has 0 bridgehead atoms. The van der Waals surface area contributed by atoms with Crippen LogP contribution in [-0.2, 0) is 9.59 Å². The Bertz CT molecular complexity index is 372. The van der Waals surface area contributed by atoms with E-state index in [1.165, 1.54) is 0 Å². The van der Waals surface area contributed by atoms with Gasteiger partial charge in [-0.25, -0.2) is 0 Å². The summed E-state index contributed by atoms with van der Waals surface area (Å²) in [6.45, 7) is 0. The zero-order valence-electron chi connectivity index (χ0n) is 7.68. The van der Waals surface area contributed by atoms with Gasteiger partial charge < -0.3 is 10.2 Å². The number of hydrogen-bond donors (Lipinski definition) is 2. The van der Waals surface area contributed by atoms with Crippen molar-refractivity contribution in [3.05, 3.63) is 34.3 Å². The predicted molar refractivity (Wildman–Crippen MR) is 56.8 cm³/mol. The molecule has 80 valence electrons. The third kappa shape index (κ3) is 3.36. The van der Waals surface area contributed by atoms with Gasteiger partial charge in [-0.15, -0.1) is 0 Å². The number of benzene rings is 1.